The van der Waals surface area contributed by atoms with Crippen molar-refractivity contribution in [3.8, 4) is 0 Å². The number of piperidine rings is 1. The predicted molar refractivity (Wildman–Crippen MR) is 79.3 cm³/mol. The van der Waals surface area contributed by atoms with Crippen molar-refractivity contribution in [1.29, 1.82) is 0 Å². The van der Waals surface area contributed by atoms with E-state index in [1.807, 2.05) is 0 Å². The number of nitrogens with zero attached hydrogens (tertiary/aromatic N) is 2. The molecule has 0 aromatic heterocycles. The van der Waals surface area contributed by atoms with Crippen LogP contribution in [0.25, 0.3) is 0 Å². The molecular formula is C13H19N3O4S. The number of nitrogens with two attached hydrogens (primary N) is 1. The number of hydrogen-bond acceptors (Lipinski definition) is 5. The minimum atomic E-state index is -3.87. The summed E-state index contributed by atoms with van der Waals surface area (Å²) in [6.07, 6.45) is 1.46. The highest BCUT2D eigenvalue weighted by molar-refractivity contribution is 7.89. The Hall–Kier alpha value is -1.67. The van der Waals surface area contributed by atoms with E-state index in [9.17, 15) is 18.5 Å². The first-order valence-electron chi connectivity index (χ1n) is 6.68. The normalized spacial score (nSPS) is 19.3. The first kappa shape index (κ1) is 15.7. The standard InChI is InChI=1S/C13H19N3O4S/c1-13(2)5-7-15(8-6-13)21(19,20)12-4-3-10(14)9-11(12)16(17)18/h3-4,9H,5-8,14H2,1-2H3. The fourth-order valence-electron chi connectivity index (χ4n) is 2.37. The van der Waals surface area contributed by atoms with E-state index < -0.39 is 20.6 Å². The number of sulfonamides is 1. The van der Waals surface area contributed by atoms with E-state index in [2.05, 4.69) is 13.8 Å². The Morgan fingerprint density at radius 3 is 2.38 bits per heavy atom. The molecule has 1 saturated heterocycles. The molecule has 21 heavy (non-hydrogen) atoms. The van der Waals surface area contributed by atoms with Crippen LogP contribution in [-0.2, 0) is 10.0 Å². The minimum Gasteiger partial charge on any atom is -0.399 e. The summed E-state index contributed by atoms with van der Waals surface area (Å²) in [4.78, 5) is 10.1. The van der Waals surface area contributed by atoms with Crippen LogP contribution in [0, 0.1) is 15.5 Å². The summed E-state index contributed by atoms with van der Waals surface area (Å²) in [6.45, 7) is 4.92. The summed E-state index contributed by atoms with van der Waals surface area (Å²) < 4.78 is 26.5. The highest BCUT2D eigenvalue weighted by Crippen LogP contribution is 2.34. The first-order chi connectivity index (χ1) is 9.63. The second kappa shape index (κ2) is 5.27. The van der Waals surface area contributed by atoms with Crippen LogP contribution < -0.4 is 5.73 Å². The molecule has 0 aliphatic carbocycles. The van der Waals surface area contributed by atoms with Gasteiger partial charge in [0.05, 0.1) is 4.92 Å². The Kier molecular flexibility index (Phi) is 3.94. The van der Waals surface area contributed by atoms with E-state index in [1.165, 1.54) is 16.4 Å². The number of nitrogen functional groups attached to an aromatic ring is 1. The third-order valence-corrected chi connectivity index (χ3v) is 5.82. The molecule has 1 fully saturated rings. The van der Waals surface area contributed by atoms with Gasteiger partial charge < -0.3 is 5.73 Å². The molecule has 0 radical (unpaired) electrons. The molecule has 0 spiro atoms. The van der Waals surface area contributed by atoms with Gasteiger partial charge in [0.2, 0.25) is 10.0 Å². The summed E-state index contributed by atoms with van der Waals surface area (Å²) in [7, 11) is -3.87. The van der Waals surface area contributed by atoms with Crippen LogP contribution in [0.4, 0.5) is 11.4 Å². The van der Waals surface area contributed by atoms with Crippen LogP contribution in [0.2, 0.25) is 0 Å². The lowest BCUT2D eigenvalue weighted by molar-refractivity contribution is -0.387. The van der Waals surface area contributed by atoms with Gasteiger partial charge in [-0.05, 0) is 30.4 Å². The largest absolute Gasteiger partial charge is 0.399 e. The molecule has 1 aromatic carbocycles. The van der Waals surface area contributed by atoms with Gasteiger partial charge in [-0.15, -0.1) is 0 Å². The lowest BCUT2D eigenvalue weighted by atomic mass is 9.83. The molecule has 8 heteroatoms. The van der Waals surface area contributed by atoms with Crippen molar-refractivity contribution in [2.45, 2.75) is 31.6 Å². The Balaban J connectivity index is 2.39. The minimum absolute atomic E-state index is 0.0963. The number of nitro groups is 1. The second-order valence-corrected chi connectivity index (χ2v) is 7.96. The van der Waals surface area contributed by atoms with Crippen molar-refractivity contribution in [2.24, 2.45) is 5.41 Å². The van der Waals surface area contributed by atoms with Gasteiger partial charge in [0, 0.05) is 24.8 Å². The average molecular weight is 313 g/mol. The van der Waals surface area contributed by atoms with Gasteiger partial charge in [-0.2, -0.15) is 4.31 Å². The number of rotatable bonds is 3. The van der Waals surface area contributed by atoms with Crippen molar-refractivity contribution < 1.29 is 13.3 Å². The van der Waals surface area contributed by atoms with Crippen LogP contribution in [0.5, 0.6) is 0 Å². The molecular weight excluding hydrogens is 294 g/mol. The van der Waals surface area contributed by atoms with E-state index >= 15 is 0 Å². The highest BCUT2D eigenvalue weighted by Gasteiger charge is 2.36. The third-order valence-electron chi connectivity index (χ3n) is 3.87. The van der Waals surface area contributed by atoms with E-state index in [1.54, 1.807) is 0 Å². The molecule has 1 aliphatic rings. The maximum atomic E-state index is 12.6. The van der Waals surface area contributed by atoms with Crippen LogP contribution in [0.1, 0.15) is 26.7 Å². The average Bonchev–Trinajstić information content (AvgIpc) is 2.37. The van der Waals surface area contributed by atoms with E-state index in [0.717, 1.165) is 18.9 Å². The summed E-state index contributed by atoms with van der Waals surface area (Å²) in [5, 5.41) is 11.1. The predicted octanol–water partition coefficient (Wildman–Crippen LogP) is 1.99. The zero-order chi connectivity index (χ0) is 15.8. The number of nitro benzene ring substituents is 1. The van der Waals surface area contributed by atoms with Gasteiger partial charge in [-0.25, -0.2) is 8.42 Å². The van der Waals surface area contributed by atoms with Crippen molar-refractivity contribution in [3.05, 3.63) is 28.3 Å². The molecule has 0 amide bonds. The SMILES string of the molecule is CC1(C)CCN(S(=O)(=O)c2ccc(N)cc2[N+](=O)[O-])CC1. The van der Waals surface area contributed by atoms with Crippen molar-refractivity contribution in [3.63, 3.8) is 0 Å². The lowest BCUT2D eigenvalue weighted by Crippen LogP contribution is -2.41. The summed E-state index contributed by atoms with van der Waals surface area (Å²) >= 11 is 0. The van der Waals surface area contributed by atoms with Gasteiger partial charge in [0.15, 0.2) is 4.90 Å². The molecule has 0 saturated carbocycles. The summed E-state index contributed by atoms with van der Waals surface area (Å²) in [6, 6.07) is 3.66. The molecule has 0 bridgehead atoms. The van der Waals surface area contributed by atoms with Crippen LogP contribution >= 0.6 is 0 Å². The first-order valence-corrected chi connectivity index (χ1v) is 8.12. The molecule has 0 unspecified atom stereocenters. The Morgan fingerprint density at radius 2 is 1.86 bits per heavy atom. The second-order valence-electron chi connectivity index (χ2n) is 6.05. The van der Waals surface area contributed by atoms with Crippen molar-refractivity contribution in [2.75, 3.05) is 18.8 Å². The molecule has 1 aliphatic heterocycles. The molecule has 7 nitrogen and oxygen atoms in total. The lowest BCUT2D eigenvalue weighted by Gasteiger charge is -2.35. The zero-order valence-electron chi connectivity index (χ0n) is 12.1. The van der Waals surface area contributed by atoms with Crippen molar-refractivity contribution >= 4 is 21.4 Å². The molecule has 1 heterocycles. The zero-order valence-corrected chi connectivity index (χ0v) is 12.9. The topological polar surface area (TPSA) is 107 Å². The fraction of sp³-hybridized carbons (Fsp3) is 0.538. The van der Waals surface area contributed by atoms with Crippen LogP contribution in [-0.4, -0.2) is 30.7 Å². The van der Waals surface area contributed by atoms with E-state index in [-0.39, 0.29) is 16.0 Å². The smallest absolute Gasteiger partial charge is 0.291 e. The Labute approximate surface area is 123 Å². The van der Waals surface area contributed by atoms with Gasteiger partial charge in [-0.3, -0.25) is 10.1 Å². The van der Waals surface area contributed by atoms with Gasteiger partial charge in [0.1, 0.15) is 0 Å². The van der Waals surface area contributed by atoms with Gasteiger partial charge in [0.25, 0.3) is 5.69 Å². The maximum absolute atomic E-state index is 12.6. The summed E-state index contributed by atoms with van der Waals surface area (Å²) in [5.74, 6) is 0. The summed E-state index contributed by atoms with van der Waals surface area (Å²) in [5.41, 5.74) is 5.30. The molecule has 0 atom stereocenters. The Bertz CT molecular complexity index is 660. The molecule has 1 aromatic rings. The number of benzene rings is 1. The van der Waals surface area contributed by atoms with Crippen LogP contribution in [0.3, 0.4) is 0 Å². The Morgan fingerprint density at radius 1 is 1.29 bits per heavy atom. The third kappa shape index (κ3) is 3.16. The maximum Gasteiger partial charge on any atom is 0.291 e. The van der Waals surface area contributed by atoms with E-state index in [0.29, 0.717) is 13.1 Å². The van der Waals surface area contributed by atoms with Crippen molar-refractivity contribution in [1.82, 2.24) is 4.31 Å². The van der Waals surface area contributed by atoms with Gasteiger partial charge in [-0.1, -0.05) is 13.8 Å². The van der Waals surface area contributed by atoms with Gasteiger partial charge >= 0.3 is 0 Å². The molecule has 2 N–H and O–H groups in total. The highest BCUT2D eigenvalue weighted by atomic mass is 32.2. The van der Waals surface area contributed by atoms with Crippen LogP contribution in [0.15, 0.2) is 23.1 Å². The molecule has 2 rings (SSSR count). The number of hydrogen-bond donors (Lipinski definition) is 1. The van der Waals surface area contributed by atoms with E-state index in [4.69, 9.17) is 5.73 Å². The molecule has 116 valence electrons. The fourth-order valence-corrected chi connectivity index (χ4v) is 3.95. The quantitative estimate of drug-likeness (QED) is 0.521. The monoisotopic (exact) mass is 313 g/mol. The number of anilines is 1.